The Labute approximate surface area is 137 Å². The maximum absolute atomic E-state index is 12.3. The van der Waals surface area contributed by atoms with Gasteiger partial charge in [0.25, 0.3) is 5.75 Å². The van der Waals surface area contributed by atoms with Gasteiger partial charge in [-0.25, -0.2) is 9.59 Å². The van der Waals surface area contributed by atoms with Gasteiger partial charge < -0.3 is 18.6 Å². The smallest absolute Gasteiger partial charge is 0.383 e. The lowest BCUT2D eigenvalue weighted by atomic mass is 10.2. The normalized spacial score (nSPS) is 10.4. The number of ether oxygens (including phenoxy) is 3. The number of hydrogen-bond acceptors (Lipinski definition) is 6. The van der Waals surface area contributed by atoms with Gasteiger partial charge in [-0.05, 0) is 24.3 Å². The van der Waals surface area contributed by atoms with E-state index in [1.54, 1.807) is 48.5 Å². The van der Waals surface area contributed by atoms with E-state index < -0.39 is 11.6 Å². The molecule has 0 radical (unpaired) electrons. The number of benzene rings is 2. The van der Waals surface area contributed by atoms with E-state index in [9.17, 15) is 9.59 Å². The molecule has 0 saturated carbocycles. The topological polar surface area (TPSA) is 75.0 Å². The molecule has 2 aromatic carbocycles. The first-order valence-corrected chi connectivity index (χ1v) is 7.10. The summed E-state index contributed by atoms with van der Waals surface area (Å²) in [6.07, 6.45) is 0. The molecule has 0 amide bonds. The zero-order valence-corrected chi connectivity index (χ0v) is 13.1. The van der Waals surface area contributed by atoms with Crippen molar-refractivity contribution in [1.82, 2.24) is 0 Å². The van der Waals surface area contributed by atoms with Crippen molar-refractivity contribution >= 4 is 16.9 Å². The highest BCUT2D eigenvalue weighted by molar-refractivity contribution is 5.94. The maximum atomic E-state index is 12.3. The van der Waals surface area contributed by atoms with Gasteiger partial charge in [0, 0.05) is 0 Å². The Balaban J connectivity index is 2.13. The summed E-state index contributed by atoms with van der Waals surface area (Å²) in [5, 5.41) is 0.465. The van der Waals surface area contributed by atoms with E-state index >= 15 is 0 Å². The number of methoxy groups -OCH3 is 2. The summed E-state index contributed by atoms with van der Waals surface area (Å²) in [5.74, 6) is -0.483. The van der Waals surface area contributed by atoms with Gasteiger partial charge in [0.05, 0.1) is 25.2 Å². The third-order valence-electron chi connectivity index (χ3n) is 3.44. The minimum Gasteiger partial charge on any atom is -0.493 e. The first kappa shape index (κ1) is 15.6. The fourth-order valence-corrected chi connectivity index (χ4v) is 2.33. The van der Waals surface area contributed by atoms with E-state index in [2.05, 4.69) is 0 Å². The molecule has 0 bridgehead atoms. The molecule has 0 fully saturated rings. The SMILES string of the molecule is COc1c(OC(=O)c2ccccc2)c(=O)oc2c(OC)cccc12. The zero-order valence-electron chi connectivity index (χ0n) is 13.1. The molecule has 0 aliphatic carbocycles. The van der Waals surface area contributed by atoms with Crippen LogP contribution in [0.25, 0.3) is 11.0 Å². The van der Waals surface area contributed by atoms with E-state index in [1.807, 2.05) is 0 Å². The first-order chi connectivity index (χ1) is 11.7. The third-order valence-corrected chi connectivity index (χ3v) is 3.44. The number of carbonyl (C=O) groups excluding carboxylic acids is 1. The van der Waals surface area contributed by atoms with Crippen LogP contribution in [-0.4, -0.2) is 20.2 Å². The van der Waals surface area contributed by atoms with Gasteiger partial charge in [-0.1, -0.05) is 24.3 Å². The Morgan fingerprint density at radius 1 is 0.917 bits per heavy atom. The molecule has 0 N–H and O–H groups in total. The molecule has 0 atom stereocenters. The molecule has 24 heavy (non-hydrogen) atoms. The van der Waals surface area contributed by atoms with Crippen molar-refractivity contribution in [1.29, 1.82) is 0 Å². The number of hydrogen-bond donors (Lipinski definition) is 0. The average molecular weight is 326 g/mol. The summed E-state index contributed by atoms with van der Waals surface area (Å²) in [4.78, 5) is 24.5. The van der Waals surface area contributed by atoms with E-state index in [1.165, 1.54) is 14.2 Å². The second kappa shape index (κ2) is 6.45. The van der Waals surface area contributed by atoms with E-state index in [0.29, 0.717) is 16.7 Å². The number of fused-ring (bicyclic) bond motifs is 1. The van der Waals surface area contributed by atoms with Gasteiger partial charge >= 0.3 is 11.6 Å². The van der Waals surface area contributed by atoms with Gasteiger partial charge in [0.1, 0.15) is 0 Å². The summed E-state index contributed by atoms with van der Waals surface area (Å²) in [6.45, 7) is 0. The average Bonchev–Trinajstić information content (AvgIpc) is 2.62. The van der Waals surface area contributed by atoms with Crippen LogP contribution < -0.4 is 19.8 Å². The van der Waals surface area contributed by atoms with Crippen LogP contribution in [0.15, 0.2) is 57.7 Å². The van der Waals surface area contributed by atoms with Crippen LogP contribution in [-0.2, 0) is 0 Å². The predicted molar refractivity (Wildman–Crippen MR) is 87.0 cm³/mol. The fourth-order valence-electron chi connectivity index (χ4n) is 2.33. The van der Waals surface area contributed by atoms with Crippen LogP contribution in [0.4, 0.5) is 0 Å². The molecule has 3 aromatic rings. The number of para-hydroxylation sites is 1. The Morgan fingerprint density at radius 3 is 2.33 bits per heavy atom. The van der Waals surface area contributed by atoms with Crippen molar-refractivity contribution in [3.63, 3.8) is 0 Å². The van der Waals surface area contributed by atoms with Crippen molar-refractivity contribution in [2.75, 3.05) is 14.2 Å². The highest BCUT2D eigenvalue weighted by Gasteiger charge is 2.22. The fraction of sp³-hybridized carbons (Fsp3) is 0.111. The van der Waals surface area contributed by atoms with Gasteiger partial charge in [-0.15, -0.1) is 0 Å². The molecule has 0 aliphatic rings. The van der Waals surface area contributed by atoms with Crippen molar-refractivity contribution in [3.05, 3.63) is 64.5 Å². The van der Waals surface area contributed by atoms with Crippen LogP contribution in [0.3, 0.4) is 0 Å². The molecule has 6 nitrogen and oxygen atoms in total. The van der Waals surface area contributed by atoms with Gasteiger partial charge in [0.15, 0.2) is 17.1 Å². The van der Waals surface area contributed by atoms with Crippen molar-refractivity contribution in [2.45, 2.75) is 0 Å². The summed E-state index contributed by atoms with van der Waals surface area (Å²) in [6, 6.07) is 13.4. The van der Waals surface area contributed by atoms with Crippen LogP contribution in [0.5, 0.6) is 17.2 Å². The molecule has 1 heterocycles. The standard InChI is InChI=1S/C18H14O6/c1-21-13-10-6-9-12-14(13)23-18(20)16(15(12)22-2)24-17(19)11-7-4-3-5-8-11/h3-10H,1-2H3. The van der Waals surface area contributed by atoms with E-state index in [4.69, 9.17) is 18.6 Å². The minimum absolute atomic E-state index is 0.115. The zero-order chi connectivity index (χ0) is 17.1. The van der Waals surface area contributed by atoms with Gasteiger partial charge in [-0.2, -0.15) is 0 Å². The molecular weight excluding hydrogens is 312 g/mol. The second-order valence-electron chi connectivity index (χ2n) is 4.84. The molecule has 0 aliphatic heterocycles. The Morgan fingerprint density at radius 2 is 1.67 bits per heavy atom. The second-order valence-corrected chi connectivity index (χ2v) is 4.84. The number of carbonyl (C=O) groups is 1. The molecule has 0 unspecified atom stereocenters. The molecule has 3 rings (SSSR count). The van der Waals surface area contributed by atoms with Crippen LogP contribution >= 0.6 is 0 Å². The molecule has 0 saturated heterocycles. The van der Waals surface area contributed by atoms with E-state index in [-0.39, 0.29) is 17.1 Å². The summed E-state index contributed by atoms with van der Waals surface area (Å²) in [5.41, 5.74) is -0.292. The van der Waals surface area contributed by atoms with Gasteiger partial charge in [-0.3, -0.25) is 0 Å². The van der Waals surface area contributed by atoms with Crippen LogP contribution in [0.2, 0.25) is 0 Å². The number of rotatable bonds is 4. The highest BCUT2D eigenvalue weighted by Crippen LogP contribution is 2.36. The predicted octanol–water partition coefficient (Wildman–Crippen LogP) is 3.03. The van der Waals surface area contributed by atoms with Crippen molar-refractivity contribution in [2.24, 2.45) is 0 Å². The van der Waals surface area contributed by atoms with Crippen molar-refractivity contribution in [3.8, 4) is 17.2 Å². The lowest BCUT2D eigenvalue weighted by molar-refractivity contribution is 0.0723. The summed E-state index contributed by atoms with van der Waals surface area (Å²) < 4.78 is 20.9. The first-order valence-electron chi connectivity index (χ1n) is 7.10. The molecule has 6 heteroatoms. The summed E-state index contributed by atoms with van der Waals surface area (Å²) in [7, 11) is 2.85. The molecule has 0 spiro atoms. The molecule has 122 valence electrons. The van der Waals surface area contributed by atoms with Crippen molar-refractivity contribution < 1.29 is 23.4 Å². The Bertz CT molecular complexity index is 943. The van der Waals surface area contributed by atoms with E-state index in [0.717, 1.165) is 0 Å². The Hall–Kier alpha value is -3.28. The lowest BCUT2D eigenvalue weighted by Crippen LogP contribution is -2.15. The molecule has 1 aromatic heterocycles. The van der Waals surface area contributed by atoms with Crippen LogP contribution in [0, 0.1) is 0 Å². The highest BCUT2D eigenvalue weighted by atomic mass is 16.6. The number of esters is 1. The Kier molecular flexibility index (Phi) is 4.20. The minimum atomic E-state index is -0.826. The van der Waals surface area contributed by atoms with Gasteiger partial charge in [0.2, 0.25) is 0 Å². The maximum Gasteiger partial charge on any atom is 0.383 e. The summed E-state index contributed by atoms with van der Waals surface area (Å²) >= 11 is 0. The largest absolute Gasteiger partial charge is 0.493 e. The molecular formula is C18H14O6. The lowest BCUT2D eigenvalue weighted by Gasteiger charge is -2.11. The monoisotopic (exact) mass is 326 g/mol. The van der Waals surface area contributed by atoms with Crippen LogP contribution in [0.1, 0.15) is 10.4 Å². The third kappa shape index (κ3) is 2.69. The quantitative estimate of drug-likeness (QED) is 0.542.